The van der Waals surface area contributed by atoms with Crippen LogP contribution >= 0.6 is 0 Å². The topological polar surface area (TPSA) is 96.5 Å². The summed E-state index contributed by atoms with van der Waals surface area (Å²) in [5, 5.41) is 8.58. The van der Waals surface area contributed by atoms with Gasteiger partial charge in [-0.3, -0.25) is 9.59 Å². The Morgan fingerprint density at radius 2 is 2.11 bits per heavy atom. The number of rotatable bonds is 6. The second kappa shape index (κ2) is 6.00. The van der Waals surface area contributed by atoms with Crippen molar-refractivity contribution in [3.05, 3.63) is 23.4 Å². The largest absolute Gasteiger partial charge is 0.481 e. The van der Waals surface area contributed by atoms with E-state index in [0.717, 1.165) is 5.69 Å². The van der Waals surface area contributed by atoms with Crippen LogP contribution < -0.4 is 10.6 Å². The molecule has 0 aliphatic rings. The Kier molecular flexibility index (Phi) is 4.65. The molecular weight excluding hydrogens is 234 g/mol. The van der Waals surface area contributed by atoms with Gasteiger partial charge in [0.05, 0.1) is 5.56 Å². The standard InChI is InChI=1S/C12H17N3O3/c1-8-5-6-9(11(13)18)12(14-8)15(2)7-3-4-10(16)17/h5-6H,3-4,7H2,1-2H3,(H2,13,18)(H,16,17). The first-order valence-electron chi connectivity index (χ1n) is 5.62. The third-order valence-electron chi connectivity index (χ3n) is 2.53. The molecule has 0 atom stereocenters. The quantitative estimate of drug-likeness (QED) is 0.779. The summed E-state index contributed by atoms with van der Waals surface area (Å²) in [7, 11) is 1.76. The van der Waals surface area contributed by atoms with Crippen molar-refractivity contribution in [1.82, 2.24) is 4.98 Å². The highest BCUT2D eigenvalue weighted by Gasteiger charge is 2.13. The summed E-state index contributed by atoms with van der Waals surface area (Å²) in [5.74, 6) is -0.883. The second-order valence-corrected chi connectivity index (χ2v) is 4.11. The van der Waals surface area contributed by atoms with Gasteiger partial charge < -0.3 is 15.7 Å². The minimum Gasteiger partial charge on any atom is -0.481 e. The van der Waals surface area contributed by atoms with E-state index < -0.39 is 11.9 Å². The molecule has 1 heterocycles. The number of nitrogens with zero attached hydrogens (tertiary/aromatic N) is 2. The summed E-state index contributed by atoms with van der Waals surface area (Å²) >= 11 is 0. The second-order valence-electron chi connectivity index (χ2n) is 4.11. The van der Waals surface area contributed by atoms with Crippen LogP contribution in [0.2, 0.25) is 0 Å². The van der Waals surface area contributed by atoms with E-state index in [9.17, 15) is 9.59 Å². The third-order valence-corrected chi connectivity index (χ3v) is 2.53. The molecule has 1 amide bonds. The molecule has 0 aliphatic carbocycles. The van der Waals surface area contributed by atoms with Gasteiger partial charge in [-0.2, -0.15) is 0 Å². The average Bonchev–Trinajstić information content (AvgIpc) is 2.27. The van der Waals surface area contributed by atoms with Crippen molar-refractivity contribution in [2.45, 2.75) is 19.8 Å². The van der Waals surface area contributed by atoms with E-state index in [0.29, 0.717) is 24.3 Å². The monoisotopic (exact) mass is 251 g/mol. The normalized spacial score (nSPS) is 10.1. The number of hydrogen-bond donors (Lipinski definition) is 2. The third kappa shape index (κ3) is 3.73. The Labute approximate surface area is 105 Å². The summed E-state index contributed by atoms with van der Waals surface area (Å²) in [6.07, 6.45) is 0.571. The fourth-order valence-corrected chi connectivity index (χ4v) is 1.60. The van der Waals surface area contributed by atoms with E-state index in [-0.39, 0.29) is 6.42 Å². The SMILES string of the molecule is Cc1ccc(C(N)=O)c(N(C)CCCC(=O)O)n1. The van der Waals surface area contributed by atoms with Gasteiger partial charge in [-0.15, -0.1) is 0 Å². The van der Waals surface area contributed by atoms with Gasteiger partial charge in [-0.1, -0.05) is 0 Å². The summed E-state index contributed by atoms with van der Waals surface area (Å²) in [5.41, 5.74) is 6.40. The fourth-order valence-electron chi connectivity index (χ4n) is 1.60. The van der Waals surface area contributed by atoms with Crippen LogP contribution in [-0.4, -0.2) is 35.6 Å². The molecule has 3 N–H and O–H groups in total. The molecule has 0 fully saturated rings. The Bertz CT molecular complexity index is 460. The lowest BCUT2D eigenvalue weighted by atomic mass is 10.2. The number of aryl methyl sites for hydroxylation is 1. The molecule has 0 saturated carbocycles. The maximum Gasteiger partial charge on any atom is 0.303 e. The molecule has 98 valence electrons. The van der Waals surface area contributed by atoms with E-state index >= 15 is 0 Å². The number of primary amides is 1. The number of anilines is 1. The highest BCUT2D eigenvalue weighted by molar-refractivity contribution is 5.97. The number of aromatic nitrogens is 1. The number of carbonyl (C=O) groups excluding carboxylic acids is 1. The van der Waals surface area contributed by atoms with Gasteiger partial charge in [0.2, 0.25) is 0 Å². The van der Waals surface area contributed by atoms with Gasteiger partial charge in [0, 0.05) is 25.7 Å². The first kappa shape index (κ1) is 14.0. The van der Waals surface area contributed by atoms with Crippen molar-refractivity contribution in [2.24, 2.45) is 5.73 Å². The molecule has 1 aromatic heterocycles. The van der Waals surface area contributed by atoms with Crippen molar-refractivity contribution in [3.63, 3.8) is 0 Å². The summed E-state index contributed by atoms with van der Waals surface area (Å²) in [4.78, 5) is 27.7. The Balaban J connectivity index is 2.83. The Morgan fingerprint density at radius 3 is 2.67 bits per heavy atom. The van der Waals surface area contributed by atoms with Crippen LogP contribution in [-0.2, 0) is 4.79 Å². The molecule has 1 rings (SSSR count). The lowest BCUT2D eigenvalue weighted by molar-refractivity contribution is -0.137. The number of pyridine rings is 1. The van der Waals surface area contributed by atoms with Gasteiger partial charge in [-0.05, 0) is 25.5 Å². The minimum absolute atomic E-state index is 0.0854. The lowest BCUT2D eigenvalue weighted by Crippen LogP contribution is -2.25. The zero-order valence-electron chi connectivity index (χ0n) is 10.5. The van der Waals surface area contributed by atoms with Crippen LogP contribution in [0, 0.1) is 6.92 Å². The predicted molar refractivity (Wildman–Crippen MR) is 67.6 cm³/mol. The first-order valence-corrected chi connectivity index (χ1v) is 5.62. The molecule has 6 nitrogen and oxygen atoms in total. The highest BCUT2D eigenvalue weighted by Crippen LogP contribution is 2.17. The molecular formula is C12H17N3O3. The van der Waals surface area contributed by atoms with Crippen molar-refractivity contribution in [1.29, 1.82) is 0 Å². The minimum atomic E-state index is -0.837. The summed E-state index contributed by atoms with van der Waals surface area (Å²) in [6, 6.07) is 3.35. The number of carboxylic acid groups (broad SMARTS) is 1. The zero-order chi connectivity index (χ0) is 13.7. The predicted octanol–water partition coefficient (Wildman–Crippen LogP) is 0.790. The maximum absolute atomic E-state index is 11.3. The number of carbonyl (C=O) groups is 2. The van der Waals surface area contributed by atoms with Crippen LogP contribution in [0.1, 0.15) is 28.9 Å². The molecule has 0 unspecified atom stereocenters. The number of nitrogens with two attached hydrogens (primary N) is 1. The van der Waals surface area contributed by atoms with Crippen LogP contribution in [0.25, 0.3) is 0 Å². The smallest absolute Gasteiger partial charge is 0.303 e. The number of aliphatic carboxylic acids is 1. The molecule has 6 heteroatoms. The van der Waals surface area contributed by atoms with E-state index in [4.69, 9.17) is 10.8 Å². The molecule has 18 heavy (non-hydrogen) atoms. The lowest BCUT2D eigenvalue weighted by Gasteiger charge is -2.20. The van der Waals surface area contributed by atoms with E-state index in [1.165, 1.54) is 0 Å². The molecule has 0 radical (unpaired) electrons. The average molecular weight is 251 g/mol. The highest BCUT2D eigenvalue weighted by atomic mass is 16.4. The van der Waals surface area contributed by atoms with Crippen LogP contribution in [0.15, 0.2) is 12.1 Å². The van der Waals surface area contributed by atoms with Crippen molar-refractivity contribution < 1.29 is 14.7 Å². The van der Waals surface area contributed by atoms with Crippen LogP contribution in [0.4, 0.5) is 5.82 Å². The number of amides is 1. The van der Waals surface area contributed by atoms with Gasteiger partial charge in [0.15, 0.2) is 0 Å². The fraction of sp³-hybridized carbons (Fsp3) is 0.417. The zero-order valence-corrected chi connectivity index (χ0v) is 10.5. The Morgan fingerprint density at radius 1 is 1.44 bits per heavy atom. The van der Waals surface area contributed by atoms with Crippen LogP contribution in [0.3, 0.4) is 0 Å². The van der Waals surface area contributed by atoms with E-state index in [2.05, 4.69) is 4.98 Å². The van der Waals surface area contributed by atoms with Crippen molar-refractivity contribution >= 4 is 17.7 Å². The van der Waals surface area contributed by atoms with Gasteiger partial charge in [0.25, 0.3) is 5.91 Å². The molecule has 0 saturated heterocycles. The summed E-state index contributed by atoms with van der Waals surface area (Å²) < 4.78 is 0. The Hall–Kier alpha value is -2.11. The molecule has 0 aliphatic heterocycles. The number of hydrogen-bond acceptors (Lipinski definition) is 4. The van der Waals surface area contributed by atoms with E-state index in [1.54, 1.807) is 24.1 Å². The number of carboxylic acids is 1. The van der Waals surface area contributed by atoms with Gasteiger partial charge in [0.1, 0.15) is 5.82 Å². The van der Waals surface area contributed by atoms with Crippen LogP contribution in [0.5, 0.6) is 0 Å². The van der Waals surface area contributed by atoms with E-state index in [1.807, 2.05) is 6.92 Å². The van der Waals surface area contributed by atoms with Crippen molar-refractivity contribution in [3.8, 4) is 0 Å². The van der Waals surface area contributed by atoms with Gasteiger partial charge in [-0.25, -0.2) is 4.98 Å². The maximum atomic E-state index is 11.3. The molecule has 1 aromatic rings. The molecule has 0 spiro atoms. The first-order chi connectivity index (χ1) is 8.41. The summed E-state index contributed by atoms with van der Waals surface area (Å²) in [6.45, 7) is 2.32. The molecule has 0 bridgehead atoms. The van der Waals surface area contributed by atoms with Crippen molar-refractivity contribution in [2.75, 3.05) is 18.5 Å². The van der Waals surface area contributed by atoms with Gasteiger partial charge >= 0.3 is 5.97 Å². The molecule has 0 aromatic carbocycles.